The van der Waals surface area contributed by atoms with Crippen molar-refractivity contribution in [3.05, 3.63) is 29.3 Å². The van der Waals surface area contributed by atoms with Crippen molar-refractivity contribution < 1.29 is 9.59 Å². The van der Waals surface area contributed by atoms with Crippen LogP contribution in [0.5, 0.6) is 0 Å². The largest absolute Gasteiger partial charge is 0.345 e. The zero-order valence-corrected chi connectivity index (χ0v) is 16.1. The molecule has 4 aliphatic carbocycles. The number of nitrogens with one attached hydrogen (secondary N) is 2. The van der Waals surface area contributed by atoms with Crippen LogP contribution in [0.1, 0.15) is 56.6 Å². The van der Waals surface area contributed by atoms with Gasteiger partial charge < -0.3 is 10.6 Å². The minimum absolute atomic E-state index is 0.0627. The number of amides is 2. The summed E-state index contributed by atoms with van der Waals surface area (Å²) >= 11 is 0. The summed E-state index contributed by atoms with van der Waals surface area (Å²) in [5, 5.41) is 5.82. The maximum atomic E-state index is 12.5. The Balaban J connectivity index is 1.41. The maximum absolute atomic E-state index is 12.5. The van der Waals surface area contributed by atoms with Gasteiger partial charge in [0.2, 0.25) is 0 Å². The Labute approximate surface area is 156 Å². The zero-order valence-electron chi connectivity index (χ0n) is 16.1. The molecule has 5 rings (SSSR count). The van der Waals surface area contributed by atoms with Gasteiger partial charge in [-0.25, -0.2) is 0 Å². The molecular weight excluding hydrogens is 324 g/mol. The van der Waals surface area contributed by atoms with Crippen LogP contribution in [0.3, 0.4) is 0 Å². The van der Waals surface area contributed by atoms with Gasteiger partial charge >= 0.3 is 11.8 Å². The van der Waals surface area contributed by atoms with Crippen LogP contribution in [-0.4, -0.2) is 17.9 Å². The van der Waals surface area contributed by atoms with E-state index >= 15 is 0 Å². The number of benzene rings is 1. The lowest BCUT2D eigenvalue weighted by molar-refractivity contribution is -0.138. The normalized spacial score (nSPS) is 33.0. The van der Waals surface area contributed by atoms with Gasteiger partial charge in [-0.1, -0.05) is 12.1 Å². The summed E-state index contributed by atoms with van der Waals surface area (Å²) < 4.78 is 0. The summed E-state index contributed by atoms with van der Waals surface area (Å²) in [5.41, 5.74) is 2.95. The summed E-state index contributed by atoms with van der Waals surface area (Å²) in [5.74, 6) is 1.45. The van der Waals surface area contributed by atoms with E-state index in [-0.39, 0.29) is 11.5 Å². The van der Waals surface area contributed by atoms with E-state index in [0.717, 1.165) is 28.9 Å². The van der Waals surface area contributed by atoms with Gasteiger partial charge in [0.05, 0.1) is 0 Å². The highest BCUT2D eigenvalue weighted by atomic mass is 16.2. The van der Waals surface area contributed by atoms with Crippen LogP contribution < -0.4 is 10.6 Å². The van der Waals surface area contributed by atoms with Crippen molar-refractivity contribution in [3.8, 4) is 0 Å². The molecule has 2 amide bonds. The monoisotopic (exact) mass is 354 g/mol. The van der Waals surface area contributed by atoms with Crippen LogP contribution in [0.2, 0.25) is 0 Å². The zero-order chi connectivity index (χ0) is 18.5. The number of rotatable bonds is 3. The van der Waals surface area contributed by atoms with Gasteiger partial charge in [-0.3, -0.25) is 9.59 Å². The van der Waals surface area contributed by atoms with E-state index in [1.165, 1.54) is 38.5 Å². The first-order chi connectivity index (χ1) is 12.3. The Morgan fingerprint density at radius 1 is 1.00 bits per heavy atom. The highest BCUT2D eigenvalue weighted by molar-refractivity contribution is 6.39. The van der Waals surface area contributed by atoms with Gasteiger partial charge in [0.25, 0.3) is 0 Å². The van der Waals surface area contributed by atoms with E-state index in [0.29, 0.717) is 5.69 Å². The molecule has 0 radical (unpaired) electrons. The van der Waals surface area contributed by atoms with Gasteiger partial charge in [0.1, 0.15) is 0 Å². The molecule has 4 fully saturated rings. The van der Waals surface area contributed by atoms with Crippen molar-refractivity contribution in [2.45, 2.75) is 65.3 Å². The number of hydrogen-bond donors (Lipinski definition) is 2. The average Bonchev–Trinajstić information content (AvgIpc) is 2.56. The lowest BCUT2D eigenvalue weighted by atomic mass is 9.48. The molecule has 1 aromatic carbocycles. The number of hydrogen-bond acceptors (Lipinski definition) is 2. The first kappa shape index (κ1) is 17.6. The predicted octanol–water partition coefficient (Wildman–Crippen LogP) is 3.96. The Bertz CT molecular complexity index is 704. The quantitative estimate of drug-likeness (QED) is 0.807. The second-order valence-corrected chi connectivity index (χ2v) is 9.25. The molecule has 0 heterocycles. The number of aryl methyl sites for hydroxylation is 2. The maximum Gasteiger partial charge on any atom is 0.313 e. The summed E-state index contributed by atoms with van der Waals surface area (Å²) in [7, 11) is 0. The van der Waals surface area contributed by atoms with Crippen LogP contribution in [-0.2, 0) is 9.59 Å². The summed E-state index contributed by atoms with van der Waals surface area (Å²) in [6, 6.07) is 5.93. The van der Waals surface area contributed by atoms with Crippen LogP contribution in [0.15, 0.2) is 18.2 Å². The Morgan fingerprint density at radius 2 is 1.58 bits per heavy atom. The lowest BCUT2D eigenvalue weighted by Gasteiger charge is -2.59. The highest BCUT2D eigenvalue weighted by Crippen LogP contribution is 2.61. The topological polar surface area (TPSA) is 58.2 Å². The SMILES string of the molecule is Cc1ccc(C)c(NC(=O)C(=O)NC(C)C23CC4CC(CC(C4)C2)C3)c1. The Morgan fingerprint density at radius 3 is 2.15 bits per heavy atom. The van der Waals surface area contributed by atoms with Crippen LogP contribution >= 0.6 is 0 Å². The van der Waals surface area contributed by atoms with E-state index in [4.69, 9.17) is 0 Å². The third kappa shape index (κ3) is 3.15. The molecule has 0 aromatic heterocycles. The van der Waals surface area contributed by atoms with Crippen LogP contribution in [0.25, 0.3) is 0 Å². The van der Waals surface area contributed by atoms with E-state index in [2.05, 4.69) is 17.6 Å². The van der Waals surface area contributed by atoms with Crippen molar-refractivity contribution in [2.75, 3.05) is 5.32 Å². The van der Waals surface area contributed by atoms with Crippen molar-refractivity contribution >= 4 is 17.5 Å². The molecule has 140 valence electrons. The molecule has 4 heteroatoms. The molecule has 0 aliphatic heterocycles. The first-order valence-corrected chi connectivity index (χ1v) is 10.0. The number of carbonyl (C=O) groups is 2. The third-order valence-corrected chi connectivity index (χ3v) is 7.20. The van der Waals surface area contributed by atoms with E-state index in [1.54, 1.807) is 0 Å². The molecule has 4 nitrogen and oxygen atoms in total. The molecule has 1 aromatic rings. The van der Waals surface area contributed by atoms with E-state index in [1.807, 2.05) is 32.0 Å². The first-order valence-electron chi connectivity index (χ1n) is 10.0. The third-order valence-electron chi connectivity index (χ3n) is 7.20. The molecule has 0 spiro atoms. The van der Waals surface area contributed by atoms with Crippen molar-refractivity contribution in [2.24, 2.45) is 23.2 Å². The Hall–Kier alpha value is -1.84. The molecule has 4 aliphatic rings. The number of carbonyl (C=O) groups excluding carboxylic acids is 2. The molecule has 2 N–H and O–H groups in total. The van der Waals surface area contributed by atoms with Crippen molar-refractivity contribution in [1.29, 1.82) is 0 Å². The molecule has 26 heavy (non-hydrogen) atoms. The molecule has 1 atom stereocenters. The minimum Gasteiger partial charge on any atom is -0.345 e. The fourth-order valence-electron chi connectivity index (χ4n) is 6.17. The fourth-order valence-corrected chi connectivity index (χ4v) is 6.17. The standard InChI is InChI=1S/C22H30N2O2/c1-13-4-5-14(2)19(6-13)24-21(26)20(25)23-15(3)22-10-16-7-17(11-22)9-18(8-16)12-22/h4-6,15-18H,7-12H2,1-3H3,(H,23,25)(H,24,26). The van der Waals surface area contributed by atoms with Crippen LogP contribution in [0, 0.1) is 37.0 Å². The predicted molar refractivity (Wildman–Crippen MR) is 103 cm³/mol. The molecule has 1 unspecified atom stereocenters. The summed E-state index contributed by atoms with van der Waals surface area (Å²) in [4.78, 5) is 24.9. The second-order valence-electron chi connectivity index (χ2n) is 9.25. The van der Waals surface area contributed by atoms with E-state index in [9.17, 15) is 9.59 Å². The minimum atomic E-state index is -0.560. The van der Waals surface area contributed by atoms with Gasteiger partial charge in [-0.15, -0.1) is 0 Å². The van der Waals surface area contributed by atoms with Gasteiger partial charge in [-0.05, 0) is 99.7 Å². The Kier molecular flexibility index (Phi) is 4.32. The second kappa shape index (κ2) is 6.40. The van der Waals surface area contributed by atoms with Gasteiger partial charge in [0.15, 0.2) is 0 Å². The van der Waals surface area contributed by atoms with Crippen molar-refractivity contribution in [3.63, 3.8) is 0 Å². The molecule has 4 bridgehead atoms. The lowest BCUT2D eigenvalue weighted by Crippen LogP contribution is -2.57. The molecule has 4 saturated carbocycles. The highest BCUT2D eigenvalue weighted by Gasteiger charge is 2.53. The van der Waals surface area contributed by atoms with E-state index < -0.39 is 11.8 Å². The number of anilines is 1. The average molecular weight is 354 g/mol. The van der Waals surface area contributed by atoms with Crippen molar-refractivity contribution in [1.82, 2.24) is 5.32 Å². The molecular formula is C22H30N2O2. The molecule has 0 saturated heterocycles. The smallest absolute Gasteiger partial charge is 0.313 e. The summed E-state index contributed by atoms with van der Waals surface area (Å²) in [6.45, 7) is 6.02. The van der Waals surface area contributed by atoms with Gasteiger partial charge in [-0.2, -0.15) is 0 Å². The van der Waals surface area contributed by atoms with Gasteiger partial charge in [0, 0.05) is 11.7 Å². The van der Waals surface area contributed by atoms with Crippen LogP contribution in [0.4, 0.5) is 5.69 Å². The fraction of sp³-hybridized carbons (Fsp3) is 0.636. The summed E-state index contributed by atoms with van der Waals surface area (Å²) in [6.07, 6.45) is 7.81.